The van der Waals surface area contributed by atoms with Gasteiger partial charge in [0.05, 0.1) is 5.92 Å². The summed E-state index contributed by atoms with van der Waals surface area (Å²) >= 11 is 0. The van der Waals surface area contributed by atoms with Crippen LogP contribution in [0, 0.1) is 11.8 Å². The standard InChI is InChI=1S/C20H34N4O6/c1-30-13-17(25)23-16(20(28)29)11-22-19(27)15-3-2-10-24(12-15)18(26)5-4-14-6-8-21-9-7-14/h14-16,21H,2-13H2,1H3,(H,22,27)(H,23,25)(H,28,29)/t15-,16-/m1/s1. The third-order valence-corrected chi connectivity index (χ3v) is 5.76. The summed E-state index contributed by atoms with van der Waals surface area (Å²) < 4.78 is 4.66. The van der Waals surface area contributed by atoms with Gasteiger partial charge in [0.25, 0.3) is 0 Å². The number of carboxylic acid groups (broad SMARTS) is 1. The van der Waals surface area contributed by atoms with E-state index in [-0.39, 0.29) is 30.9 Å². The number of hydrogen-bond donors (Lipinski definition) is 4. The second kappa shape index (κ2) is 12.5. The fourth-order valence-corrected chi connectivity index (χ4v) is 3.99. The summed E-state index contributed by atoms with van der Waals surface area (Å²) in [7, 11) is 1.33. The lowest BCUT2D eigenvalue weighted by Crippen LogP contribution is -2.51. The number of carboxylic acids is 1. The maximum Gasteiger partial charge on any atom is 0.328 e. The van der Waals surface area contributed by atoms with Crippen LogP contribution in [0.2, 0.25) is 0 Å². The zero-order valence-electron chi connectivity index (χ0n) is 17.7. The van der Waals surface area contributed by atoms with Crippen LogP contribution in [0.5, 0.6) is 0 Å². The van der Waals surface area contributed by atoms with Gasteiger partial charge in [-0.1, -0.05) is 0 Å². The van der Waals surface area contributed by atoms with Gasteiger partial charge < -0.3 is 30.7 Å². The summed E-state index contributed by atoms with van der Waals surface area (Å²) in [5, 5.41) is 17.5. The Morgan fingerprint density at radius 2 is 1.93 bits per heavy atom. The summed E-state index contributed by atoms with van der Waals surface area (Å²) in [6.07, 6.45) is 4.98. The second-order valence-corrected chi connectivity index (χ2v) is 8.05. The summed E-state index contributed by atoms with van der Waals surface area (Å²) in [5.41, 5.74) is 0. The highest BCUT2D eigenvalue weighted by Crippen LogP contribution is 2.21. The molecular formula is C20H34N4O6. The first-order valence-corrected chi connectivity index (χ1v) is 10.7. The number of rotatable bonds is 10. The molecule has 2 aliphatic rings. The Hall–Kier alpha value is -2.20. The SMILES string of the molecule is COCC(=O)N[C@H](CNC(=O)[C@@H]1CCCN(C(=O)CCC2CCNCC2)C1)C(=O)O. The summed E-state index contributed by atoms with van der Waals surface area (Å²) in [6, 6.07) is -1.23. The highest BCUT2D eigenvalue weighted by molar-refractivity contribution is 5.86. The molecular weight excluding hydrogens is 392 g/mol. The van der Waals surface area contributed by atoms with Gasteiger partial charge in [0.1, 0.15) is 12.6 Å². The quantitative estimate of drug-likeness (QED) is 0.364. The highest BCUT2D eigenvalue weighted by Gasteiger charge is 2.30. The molecule has 10 nitrogen and oxygen atoms in total. The lowest BCUT2D eigenvalue weighted by molar-refractivity contribution is -0.142. The van der Waals surface area contributed by atoms with Gasteiger partial charge in [-0.25, -0.2) is 4.79 Å². The Morgan fingerprint density at radius 3 is 2.60 bits per heavy atom. The third-order valence-electron chi connectivity index (χ3n) is 5.76. The molecule has 2 fully saturated rings. The number of carbonyl (C=O) groups is 4. The van der Waals surface area contributed by atoms with E-state index >= 15 is 0 Å². The number of methoxy groups -OCH3 is 1. The lowest BCUT2D eigenvalue weighted by Gasteiger charge is -2.33. The summed E-state index contributed by atoms with van der Waals surface area (Å²) in [6.45, 7) is 2.55. The average Bonchev–Trinajstić information content (AvgIpc) is 2.75. The van der Waals surface area contributed by atoms with E-state index in [0.717, 1.165) is 38.8 Å². The number of aliphatic carboxylic acids is 1. The number of nitrogens with zero attached hydrogens (tertiary/aromatic N) is 1. The van der Waals surface area contributed by atoms with E-state index in [1.807, 2.05) is 0 Å². The Bertz CT molecular complexity index is 608. The monoisotopic (exact) mass is 426 g/mol. The fraction of sp³-hybridized carbons (Fsp3) is 0.800. The van der Waals surface area contributed by atoms with E-state index in [0.29, 0.717) is 31.8 Å². The molecule has 2 saturated heterocycles. The van der Waals surface area contributed by atoms with Crippen LogP contribution in [0.4, 0.5) is 0 Å². The molecule has 2 rings (SSSR count). The molecule has 0 aromatic rings. The molecule has 0 bridgehead atoms. The van der Waals surface area contributed by atoms with Gasteiger partial charge >= 0.3 is 5.97 Å². The van der Waals surface area contributed by atoms with Crippen molar-refractivity contribution >= 4 is 23.7 Å². The fourth-order valence-electron chi connectivity index (χ4n) is 3.99. The van der Waals surface area contributed by atoms with Crippen molar-refractivity contribution in [2.24, 2.45) is 11.8 Å². The van der Waals surface area contributed by atoms with E-state index in [4.69, 9.17) is 0 Å². The minimum Gasteiger partial charge on any atom is -0.480 e. The normalized spacial score (nSPS) is 21.0. The van der Waals surface area contributed by atoms with Gasteiger partial charge in [0.15, 0.2) is 0 Å². The molecule has 0 aromatic heterocycles. The van der Waals surface area contributed by atoms with Crippen LogP contribution in [0.25, 0.3) is 0 Å². The molecule has 0 saturated carbocycles. The number of carbonyl (C=O) groups excluding carboxylic acids is 3. The molecule has 2 atom stereocenters. The number of hydrogen-bond acceptors (Lipinski definition) is 6. The summed E-state index contributed by atoms with van der Waals surface area (Å²) in [4.78, 5) is 49.7. The molecule has 0 unspecified atom stereocenters. The van der Waals surface area contributed by atoms with Crippen LogP contribution in [0.1, 0.15) is 38.5 Å². The van der Waals surface area contributed by atoms with Crippen molar-refractivity contribution in [2.45, 2.75) is 44.6 Å². The Kier molecular flexibility index (Phi) is 10.0. The van der Waals surface area contributed by atoms with Crippen molar-refractivity contribution in [1.29, 1.82) is 0 Å². The van der Waals surface area contributed by atoms with Crippen molar-refractivity contribution in [3.63, 3.8) is 0 Å². The molecule has 0 aliphatic carbocycles. The highest BCUT2D eigenvalue weighted by atomic mass is 16.5. The van der Waals surface area contributed by atoms with Gasteiger partial charge in [-0.05, 0) is 51.1 Å². The Morgan fingerprint density at radius 1 is 1.20 bits per heavy atom. The lowest BCUT2D eigenvalue weighted by atomic mass is 9.92. The van der Waals surface area contributed by atoms with Crippen molar-refractivity contribution < 1.29 is 29.0 Å². The van der Waals surface area contributed by atoms with Crippen LogP contribution in [0.15, 0.2) is 0 Å². The number of likely N-dealkylation sites (tertiary alicyclic amines) is 1. The Labute approximate surface area is 177 Å². The smallest absolute Gasteiger partial charge is 0.328 e. The number of amides is 3. The van der Waals surface area contributed by atoms with Gasteiger partial charge in [-0.3, -0.25) is 14.4 Å². The predicted octanol–water partition coefficient (Wildman–Crippen LogP) is -0.663. The zero-order chi connectivity index (χ0) is 21.9. The van der Waals surface area contributed by atoms with Gasteiger partial charge in [0.2, 0.25) is 17.7 Å². The largest absolute Gasteiger partial charge is 0.480 e. The van der Waals surface area contributed by atoms with E-state index in [9.17, 15) is 24.3 Å². The van der Waals surface area contributed by atoms with Gasteiger partial charge in [-0.2, -0.15) is 0 Å². The van der Waals surface area contributed by atoms with Crippen molar-refractivity contribution in [1.82, 2.24) is 20.9 Å². The molecule has 2 aliphatic heterocycles. The van der Waals surface area contributed by atoms with Crippen LogP contribution in [-0.4, -0.2) is 86.2 Å². The van der Waals surface area contributed by atoms with Crippen LogP contribution in [0.3, 0.4) is 0 Å². The molecule has 0 radical (unpaired) electrons. The topological polar surface area (TPSA) is 137 Å². The third kappa shape index (κ3) is 7.91. The van der Waals surface area contributed by atoms with Crippen molar-refractivity contribution in [3.05, 3.63) is 0 Å². The molecule has 170 valence electrons. The summed E-state index contributed by atoms with van der Waals surface area (Å²) in [5.74, 6) is -1.80. The average molecular weight is 427 g/mol. The zero-order valence-corrected chi connectivity index (χ0v) is 17.7. The molecule has 0 aromatic carbocycles. The second-order valence-electron chi connectivity index (χ2n) is 8.05. The van der Waals surface area contributed by atoms with Crippen molar-refractivity contribution in [3.8, 4) is 0 Å². The predicted molar refractivity (Wildman–Crippen MR) is 109 cm³/mol. The minimum absolute atomic E-state index is 0.0845. The van der Waals surface area contributed by atoms with Crippen LogP contribution >= 0.6 is 0 Å². The molecule has 2 heterocycles. The molecule has 10 heteroatoms. The van der Waals surface area contributed by atoms with E-state index in [2.05, 4.69) is 20.7 Å². The van der Waals surface area contributed by atoms with E-state index in [1.54, 1.807) is 4.90 Å². The maximum absolute atomic E-state index is 12.6. The molecule has 30 heavy (non-hydrogen) atoms. The number of ether oxygens (including phenoxy) is 1. The molecule has 3 amide bonds. The maximum atomic E-state index is 12.6. The number of piperidine rings is 2. The first kappa shape index (κ1) is 24.1. The minimum atomic E-state index is -1.24. The van der Waals surface area contributed by atoms with Crippen LogP contribution in [-0.2, 0) is 23.9 Å². The first-order chi connectivity index (χ1) is 14.4. The van der Waals surface area contributed by atoms with E-state index < -0.39 is 17.9 Å². The van der Waals surface area contributed by atoms with Gasteiger partial charge in [-0.15, -0.1) is 0 Å². The van der Waals surface area contributed by atoms with Crippen molar-refractivity contribution in [2.75, 3.05) is 46.4 Å². The first-order valence-electron chi connectivity index (χ1n) is 10.7. The molecule has 0 spiro atoms. The van der Waals surface area contributed by atoms with E-state index in [1.165, 1.54) is 7.11 Å². The van der Waals surface area contributed by atoms with Crippen LogP contribution < -0.4 is 16.0 Å². The van der Waals surface area contributed by atoms with Gasteiger partial charge in [0, 0.05) is 33.2 Å². The molecule has 4 N–H and O–H groups in total. The number of nitrogens with one attached hydrogen (secondary N) is 3. The Balaban J connectivity index is 1.77.